The maximum Gasteiger partial charge on any atom is 0.251 e. The van der Waals surface area contributed by atoms with Gasteiger partial charge in [0.25, 0.3) is 5.91 Å². The lowest BCUT2D eigenvalue weighted by Gasteiger charge is -2.23. The lowest BCUT2D eigenvalue weighted by Crippen LogP contribution is -2.36. The molecule has 0 spiro atoms. The highest BCUT2D eigenvalue weighted by atomic mass is 35.5. The van der Waals surface area contributed by atoms with E-state index in [1.165, 1.54) is 17.0 Å². The molecule has 5 nitrogen and oxygen atoms in total. The normalized spacial score (nSPS) is 15.2. The number of nitrogens with zero attached hydrogens (tertiary/aromatic N) is 1. The number of hydrogen-bond acceptors (Lipinski definition) is 3. The van der Waals surface area contributed by atoms with Crippen LogP contribution in [0.1, 0.15) is 48.0 Å². The first-order valence-corrected chi connectivity index (χ1v) is 11.7. The zero-order chi connectivity index (χ0) is 20.1. The second kappa shape index (κ2) is 8.97. The van der Waals surface area contributed by atoms with Crippen LogP contribution in [0.2, 0.25) is 5.02 Å². The quantitative estimate of drug-likeness (QED) is 0.754. The van der Waals surface area contributed by atoms with Gasteiger partial charge in [-0.25, -0.2) is 8.42 Å². The van der Waals surface area contributed by atoms with Gasteiger partial charge < -0.3 is 5.32 Å². The zero-order valence-electron chi connectivity index (χ0n) is 15.9. The van der Waals surface area contributed by atoms with E-state index in [-0.39, 0.29) is 18.5 Å². The molecule has 0 bridgehead atoms. The molecule has 0 radical (unpaired) electrons. The Bertz CT molecular complexity index is 923. The summed E-state index contributed by atoms with van der Waals surface area (Å²) in [7, 11) is -3.48. The molecule has 28 heavy (non-hydrogen) atoms. The van der Waals surface area contributed by atoms with Gasteiger partial charge in [-0.15, -0.1) is 0 Å². The topological polar surface area (TPSA) is 66.5 Å². The second-order valence-electron chi connectivity index (χ2n) is 7.25. The van der Waals surface area contributed by atoms with Crippen LogP contribution in [-0.2, 0) is 16.6 Å². The van der Waals surface area contributed by atoms with Crippen LogP contribution >= 0.6 is 11.6 Å². The molecule has 7 heteroatoms. The van der Waals surface area contributed by atoms with Crippen LogP contribution in [0.5, 0.6) is 0 Å². The average molecular weight is 421 g/mol. The SMILES string of the molecule is CS(=O)(=O)N(Cc1ccc(C(=O)NC2CCCCC2)cc1)c1cccc(Cl)c1. The van der Waals surface area contributed by atoms with Crippen molar-refractivity contribution in [1.29, 1.82) is 0 Å². The maximum atomic E-state index is 12.4. The molecule has 0 unspecified atom stereocenters. The van der Waals surface area contributed by atoms with Crippen molar-refractivity contribution in [3.05, 3.63) is 64.7 Å². The van der Waals surface area contributed by atoms with Gasteiger partial charge in [0.1, 0.15) is 0 Å². The molecule has 150 valence electrons. The highest BCUT2D eigenvalue weighted by molar-refractivity contribution is 7.92. The van der Waals surface area contributed by atoms with E-state index in [0.29, 0.717) is 16.3 Å². The summed E-state index contributed by atoms with van der Waals surface area (Å²) in [5.41, 5.74) is 1.89. The predicted octanol–water partition coefficient (Wildman–Crippen LogP) is 4.37. The zero-order valence-corrected chi connectivity index (χ0v) is 17.5. The number of halogens is 1. The number of rotatable bonds is 6. The Morgan fingerprint density at radius 3 is 2.39 bits per heavy atom. The van der Waals surface area contributed by atoms with Crippen molar-refractivity contribution < 1.29 is 13.2 Å². The smallest absolute Gasteiger partial charge is 0.251 e. The molecule has 1 aliphatic rings. The molecule has 2 aromatic carbocycles. The van der Waals surface area contributed by atoms with E-state index < -0.39 is 10.0 Å². The number of amides is 1. The van der Waals surface area contributed by atoms with E-state index >= 15 is 0 Å². The van der Waals surface area contributed by atoms with Crippen LogP contribution in [0.3, 0.4) is 0 Å². The van der Waals surface area contributed by atoms with E-state index in [2.05, 4.69) is 5.32 Å². The molecular formula is C21H25ClN2O3S. The Morgan fingerprint density at radius 1 is 1.11 bits per heavy atom. The van der Waals surface area contributed by atoms with Gasteiger partial charge in [0.15, 0.2) is 0 Å². The minimum atomic E-state index is -3.48. The third-order valence-corrected chi connectivity index (χ3v) is 6.35. The Labute approximate surface area is 171 Å². The van der Waals surface area contributed by atoms with E-state index in [4.69, 9.17) is 11.6 Å². The molecule has 1 fully saturated rings. The average Bonchev–Trinajstić information content (AvgIpc) is 2.66. The Hall–Kier alpha value is -2.05. The molecule has 0 aliphatic heterocycles. The van der Waals surface area contributed by atoms with E-state index in [9.17, 15) is 13.2 Å². The number of anilines is 1. The van der Waals surface area contributed by atoms with E-state index in [1.807, 2.05) is 0 Å². The van der Waals surface area contributed by atoms with Crippen LogP contribution in [0, 0.1) is 0 Å². The summed E-state index contributed by atoms with van der Waals surface area (Å²) >= 11 is 6.01. The van der Waals surface area contributed by atoms with Crippen LogP contribution in [0.4, 0.5) is 5.69 Å². The van der Waals surface area contributed by atoms with Crippen molar-refractivity contribution in [3.63, 3.8) is 0 Å². The molecule has 1 amide bonds. The van der Waals surface area contributed by atoms with Gasteiger partial charge >= 0.3 is 0 Å². The van der Waals surface area contributed by atoms with Crippen molar-refractivity contribution in [2.45, 2.75) is 44.7 Å². The maximum absolute atomic E-state index is 12.4. The van der Waals surface area contributed by atoms with Crippen LogP contribution in [0.25, 0.3) is 0 Å². The van der Waals surface area contributed by atoms with Crippen LogP contribution < -0.4 is 9.62 Å². The monoisotopic (exact) mass is 420 g/mol. The molecule has 3 rings (SSSR count). The summed E-state index contributed by atoms with van der Waals surface area (Å²) in [5.74, 6) is -0.0757. The molecule has 2 aromatic rings. The Morgan fingerprint density at radius 2 is 1.79 bits per heavy atom. The molecule has 1 saturated carbocycles. The lowest BCUT2D eigenvalue weighted by atomic mass is 9.95. The van der Waals surface area contributed by atoms with Crippen molar-refractivity contribution in [2.24, 2.45) is 0 Å². The lowest BCUT2D eigenvalue weighted by molar-refractivity contribution is 0.0927. The molecular weight excluding hydrogens is 396 g/mol. The summed E-state index contributed by atoms with van der Waals surface area (Å²) in [6.07, 6.45) is 6.80. The number of carbonyl (C=O) groups is 1. The highest BCUT2D eigenvalue weighted by Gasteiger charge is 2.19. The third kappa shape index (κ3) is 5.49. The summed E-state index contributed by atoms with van der Waals surface area (Å²) in [4.78, 5) is 12.4. The van der Waals surface area contributed by atoms with Gasteiger partial charge in [0.05, 0.1) is 18.5 Å². The highest BCUT2D eigenvalue weighted by Crippen LogP contribution is 2.24. The van der Waals surface area contributed by atoms with Crippen LogP contribution in [-0.4, -0.2) is 26.6 Å². The second-order valence-corrected chi connectivity index (χ2v) is 9.60. The van der Waals surface area contributed by atoms with Gasteiger partial charge in [-0.05, 0) is 48.7 Å². The molecule has 0 aromatic heterocycles. The molecule has 0 saturated heterocycles. The first kappa shape index (κ1) is 20.7. The Balaban J connectivity index is 1.71. The van der Waals surface area contributed by atoms with Crippen molar-refractivity contribution in [1.82, 2.24) is 5.32 Å². The predicted molar refractivity (Wildman–Crippen MR) is 113 cm³/mol. The van der Waals surface area contributed by atoms with E-state index in [0.717, 1.165) is 31.2 Å². The van der Waals surface area contributed by atoms with Crippen molar-refractivity contribution >= 4 is 33.2 Å². The van der Waals surface area contributed by atoms with Gasteiger partial charge in [0, 0.05) is 16.6 Å². The standard InChI is InChI=1S/C21H25ClN2O3S/c1-28(26,27)24(20-9-5-6-18(22)14-20)15-16-10-12-17(13-11-16)21(25)23-19-7-3-2-4-8-19/h5-6,9-14,19H,2-4,7-8,15H2,1H3,(H,23,25). The number of nitrogens with one attached hydrogen (secondary N) is 1. The molecule has 0 heterocycles. The van der Waals surface area contributed by atoms with Crippen molar-refractivity contribution in [2.75, 3.05) is 10.6 Å². The fourth-order valence-corrected chi connectivity index (χ4v) is 4.54. The van der Waals surface area contributed by atoms with Gasteiger partial charge in [-0.1, -0.05) is 49.1 Å². The summed E-state index contributed by atoms with van der Waals surface area (Å²) in [6, 6.07) is 14.1. The minimum Gasteiger partial charge on any atom is -0.349 e. The number of hydrogen-bond donors (Lipinski definition) is 1. The van der Waals surface area contributed by atoms with Gasteiger partial charge in [0.2, 0.25) is 10.0 Å². The van der Waals surface area contributed by atoms with E-state index in [1.54, 1.807) is 48.5 Å². The molecule has 1 aliphatic carbocycles. The fraction of sp³-hybridized carbons (Fsp3) is 0.381. The van der Waals surface area contributed by atoms with Crippen molar-refractivity contribution in [3.8, 4) is 0 Å². The molecule has 1 N–H and O–H groups in total. The fourth-order valence-electron chi connectivity index (χ4n) is 3.47. The molecule has 0 atom stereocenters. The van der Waals surface area contributed by atoms with Gasteiger partial charge in [-0.3, -0.25) is 9.10 Å². The Kier molecular flexibility index (Phi) is 6.62. The number of benzene rings is 2. The van der Waals surface area contributed by atoms with Crippen LogP contribution in [0.15, 0.2) is 48.5 Å². The third-order valence-electron chi connectivity index (χ3n) is 4.98. The number of sulfonamides is 1. The summed E-state index contributed by atoms with van der Waals surface area (Å²) in [6.45, 7) is 0.170. The minimum absolute atomic E-state index is 0.0757. The first-order chi connectivity index (χ1) is 13.3. The number of carbonyl (C=O) groups excluding carboxylic acids is 1. The van der Waals surface area contributed by atoms with Gasteiger partial charge in [-0.2, -0.15) is 0 Å². The summed E-state index contributed by atoms with van der Waals surface area (Å²) in [5, 5.41) is 3.56. The largest absolute Gasteiger partial charge is 0.349 e. The summed E-state index contributed by atoms with van der Waals surface area (Å²) < 4.78 is 25.8. The first-order valence-electron chi connectivity index (χ1n) is 9.46.